The third-order valence-corrected chi connectivity index (χ3v) is 3.86. The third kappa shape index (κ3) is 5.51. The molecule has 0 aliphatic carbocycles. The highest BCUT2D eigenvalue weighted by Crippen LogP contribution is 2.13. The molecule has 1 aromatic carbocycles. The van der Waals surface area contributed by atoms with Gasteiger partial charge in [-0.2, -0.15) is 0 Å². The Kier molecular flexibility index (Phi) is 5.62. The molecule has 4 nitrogen and oxygen atoms in total. The van der Waals surface area contributed by atoms with Gasteiger partial charge in [-0.15, -0.1) is 0 Å². The normalized spacial score (nSPS) is 13.3. The molecule has 1 N–H and O–H groups in total. The zero-order chi connectivity index (χ0) is 13.6. The maximum absolute atomic E-state index is 11.2. The van der Waals surface area contributed by atoms with E-state index in [9.17, 15) is 8.42 Å². The zero-order valence-electron chi connectivity index (χ0n) is 11.1. The Morgan fingerprint density at radius 1 is 1.28 bits per heavy atom. The van der Waals surface area contributed by atoms with Gasteiger partial charge in [-0.05, 0) is 37.6 Å². The minimum atomic E-state index is -2.93. The fourth-order valence-corrected chi connectivity index (χ4v) is 2.87. The molecule has 0 saturated carbocycles. The van der Waals surface area contributed by atoms with Gasteiger partial charge >= 0.3 is 0 Å². The number of hydrogen-bond acceptors (Lipinski definition) is 4. The molecule has 0 spiro atoms. The van der Waals surface area contributed by atoms with Crippen molar-refractivity contribution >= 4 is 9.84 Å². The maximum atomic E-state index is 11.2. The summed E-state index contributed by atoms with van der Waals surface area (Å²) in [6.45, 7) is 0. The Balaban J connectivity index is 2.51. The average Bonchev–Trinajstić information content (AvgIpc) is 2.33. The number of aryl methyl sites for hydroxylation is 1. The largest absolute Gasteiger partial charge is 0.497 e. The Morgan fingerprint density at radius 2 is 1.89 bits per heavy atom. The molecular formula is C13H21NO3S. The predicted octanol–water partition coefficient (Wildman–Crippen LogP) is 1.26. The van der Waals surface area contributed by atoms with Gasteiger partial charge in [-0.1, -0.05) is 12.1 Å². The number of methoxy groups -OCH3 is 1. The zero-order valence-corrected chi connectivity index (χ0v) is 12.0. The van der Waals surface area contributed by atoms with Gasteiger partial charge in [0.1, 0.15) is 15.6 Å². The minimum Gasteiger partial charge on any atom is -0.497 e. The van der Waals surface area contributed by atoms with Gasteiger partial charge in [0.15, 0.2) is 0 Å². The molecule has 1 atom stereocenters. The van der Waals surface area contributed by atoms with E-state index in [0.717, 1.165) is 18.6 Å². The SMILES string of the molecule is CNC(CCc1ccc(OC)cc1)CS(C)(=O)=O. The smallest absolute Gasteiger partial charge is 0.148 e. The van der Waals surface area contributed by atoms with Crippen LogP contribution in [0.2, 0.25) is 0 Å². The van der Waals surface area contributed by atoms with Crippen molar-refractivity contribution in [1.29, 1.82) is 0 Å². The molecule has 0 amide bonds. The quantitative estimate of drug-likeness (QED) is 0.811. The standard InChI is InChI=1S/C13H21NO3S/c1-14-12(10-18(3,15)16)7-4-11-5-8-13(17-2)9-6-11/h5-6,8-9,12,14H,4,7,10H2,1-3H3. The number of ether oxygens (including phenoxy) is 1. The topological polar surface area (TPSA) is 55.4 Å². The van der Waals surface area contributed by atoms with Gasteiger partial charge < -0.3 is 10.1 Å². The first-order valence-electron chi connectivity index (χ1n) is 5.92. The van der Waals surface area contributed by atoms with Crippen LogP contribution in [0.1, 0.15) is 12.0 Å². The van der Waals surface area contributed by atoms with Crippen LogP contribution in [0.3, 0.4) is 0 Å². The molecule has 0 heterocycles. The van der Waals surface area contributed by atoms with Gasteiger partial charge in [0.2, 0.25) is 0 Å². The molecule has 5 heteroatoms. The fourth-order valence-electron chi connectivity index (χ4n) is 1.81. The van der Waals surface area contributed by atoms with E-state index in [1.54, 1.807) is 14.2 Å². The van der Waals surface area contributed by atoms with Crippen LogP contribution in [0.4, 0.5) is 0 Å². The number of sulfone groups is 1. The lowest BCUT2D eigenvalue weighted by atomic mass is 10.1. The first kappa shape index (κ1) is 15.0. The molecule has 0 aliphatic heterocycles. The Morgan fingerprint density at radius 3 is 2.33 bits per heavy atom. The summed E-state index contributed by atoms with van der Waals surface area (Å²) in [4.78, 5) is 0. The molecule has 1 rings (SSSR count). The lowest BCUT2D eigenvalue weighted by molar-refractivity contribution is 0.414. The van der Waals surface area contributed by atoms with Crippen molar-refractivity contribution < 1.29 is 13.2 Å². The number of rotatable bonds is 7. The van der Waals surface area contributed by atoms with Crippen LogP contribution < -0.4 is 10.1 Å². The first-order chi connectivity index (χ1) is 8.44. The summed E-state index contributed by atoms with van der Waals surface area (Å²) >= 11 is 0. The summed E-state index contributed by atoms with van der Waals surface area (Å²) in [5.41, 5.74) is 1.18. The highest BCUT2D eigenvalue weighted by atomic mass is 32.2. The van der Waals surface area contributed by atoms with E-state index in [1.165, 1.54) is 11.8 Å². The summed E-state index contributed by atoms with van der Waals surface area (Å²) in [6, 6.07) is 7.85. The number of hydrogen-bond donors (Lipinski definition) is 1. The van der Waals surface area contributed by atoms with Crippen LogP contribution in [0.5, 0.6) is 5.75 Å². The monoisotopic (exact) mass is 271 g/mol. The van der Waals surface area contributed by atoms with Gasteiger partial charge in [-0.25, -0.2) is 8.42 Å². The summed E-state index contributed by atoms with van der Waals surface area (Å²) in [5.74, 6) is 1.01. The van der Waals surface area contributed by atoms with E-state index >= 15 is 0 Å². The van der Waals surface area contributed by atoms with Crippen LogP contribution in [-0.4, -0.2) is 40.6 Å². The van der Waals surface area contributed by atoms with Crippen molar-refractivity contribution in [1.82, 2.24) is 5.32 Å². The van der Waals surface area contributed by atoms with E-state index < -0.39 is 9.84 Å². The van der Waals surface area contributed by atoms with Crippen molar-refractivity contribution in [2.75, 3.05) is 26.2 Å². The average molecular weight is 271 g/mol. The maximum Gasteiger partial charge on any atom is 0.148 e. The summed E-state index contributed by atoms with van der Waals surface area (Å²) in [6.07, 6.45) is 2.92. The second-order valence-electron chi connectivity index (χ2n) is 4.46. The van der Waals surface area contributed by atoms with Crippen LogP contribution in [0.15, 0.2) is 24.3 Å². The summed E-state index contributed by atoms with van der Waals surface area (Å²) in [5, 5.41) is 3.05. The number of nitrogens with one attached hydrogen (secondary N) is 1. The van der Waals surface area contributed by atoms with Gasteiger partial charge in [-0.3, -0.25) is 0 Å². The van der Waals surface area contributed by atoms with Gasteiger partial charge in [0, 0.05) is 12.3 Å². The lowest BCUT2D eigenvalue weighted by Crippen LogP contribution is -2.33. The summed E-state index contributed by atoms with van der Waals surface area (Å²) in [7, 11) is 0.500. The van der Waals surface area contributed by atoms with Crippen LogP contribution in [-0.2, 0) is 16.3 Å². The molecule has 0 aromatic heterocycles. The predicted molar refractivity (Wildman–Crippen MR) is 73.9 cm³/mol. The van der Waals surface area contributed by atoms with E-state index in [4.69, 9.17) is 4.74 Å². The van der Waals surface area contributed by atoms with Crippen molar-refractivity contribution in [3.63, 3.8) is 0 Å². The fraction of sp³-hybridized carbons (Fsp3) is 0.538. The Hall–Kier alpha value is -1.07. The first-order valence-corrected chi connectivity index (χ1v) is 7.98. The second-order valence-corrected chi connectivity index (χ2v) is 6.65. The molecule has 0 bridgehead atoms. The highest BCUT2D eigenvalue weighted by molar-refractivity contribution is 7.90. The highest BCUT2D eigenvalue weighted by Gasteiger charge is 2.13. The summed E-state index contributed by atoms with van der Waals surface area (Å²) < 4.78 is 27.6. The van der Waals surface area contributed by atoms with Crippen LogP contribution in [0, 0.1) is 0 Å². The molecule has 0 fully saturated rings. The molecule has 18 heavy (non-hydrogen) atoms. The molecule has 0 aliphatic rings. The van der Waals surface area contributed by atoms with E-state index in [-0.39, 0.29) is 11.8 Å². The minimum absolute atomic E-state index is 0.00195. The number of benzene rings is 1. The molecular weight excluding hydrogens is 250 g/mol. The van der Waals surface area contributed by atoms with Crippen molar-refractivity contribution in [3.8, 4) is 5.75 Å². The third-order valence-electron chi connectivity index (χ3n) is 2.85. The molecule has 102 valence electrons. The van der Waals surface area contributed by atoms with Gasteiger partial charge in [0.25, 0.3) is 0 Å². The molecule has 0 saturated heterocycles. The van der Waals surface area contributed by atoms with E-state index in [1.807, 2.05) is 24.3 Å². The van der Waals surface area contributed by atoms with E-state index in [2.05, 4.69) is 5.32 Å². The lowest BCUT2D eigenvalue weighted by Gasteiger charge is -2.14. The van der Waals surface area contributed by atoms with E-state index in [0.29, 0.717) is 0 Å². The van der Waals surface area contributed by atoms with Crippen molar-refractivity contribution in [3.05, 3.63) is 29.8 Å². The molecule has 1 aromatic rings. The Labute approximate surface area is 109 Å². The van der Waals surface area contributed by atoms with Crippen LogP contribution in [0.25, 0.3) is 0 Å². The molecule has 1 unspecified atom stereocenters. The van der Waals surface area contributed by atoms with Crippen molar-refractivity contribution in [2.24, 2.45) is 0 Å². The van der Waals surface area contributed by atoms with Crippen molar-refractivity contribution in [2.45, 2.75) is 18.9 Å². The van der Waals surface area contributed by atoms with Crippen LogP contribution >= 0.6 is 0 Å². The molecule has 0 radical (unpaired) electrons. The Bertz CT molecular complexity index is 454. The van der Waals surface area contributed by atoms with Gasteiger partial charge in [0.05, 0.1) is 12.9 Å². The second kappa shape index (κ2) is 6.75.